The first-order valence-electron chi connectivity index (χ1n) is 21.8. The fourth-order valence-electron chi connectivity index (χ4n) is 10.2. The van der Waals surface area contributed by atoms with E-state index in [2.05, 4.69) is 214 Å². The molecule has 296 valence electrons. The van der Waals surface area contributed by atoms with Gasteiger partial charge in [-0.2, -0.15) is 0 Å². The molecule has 0 unspecified atom stereocenters. The average molecular weight is 803 g/mol. The molecule has 63 heavy (non-hydrogen) atoms. The molecule has 0 amide bonds. The van der Waals surface area contributed by atoms with Crippen LogP contribution in [0.1, 0.15) is 25.0 Å². The van der Waals surface area contributed by atoms with Gasteiger partial charge in [0.15, 0.2) is 5.82 Å². The molecular weight excluding hydrogens is 761 g/mol. The van der Waals surface area contributed by atoms with E-state index in [0.717, 1.165) is 39.0 Å². The van der Waals surface area contributed by atoms with Gasteiger partial charge in [-0.05, 0) is 100 Å². The molecule has 0 atom stereocenters. The SMILES string of the molecule is CC1(C)c2cccc(-c3ccc(-c4ccc(-c5cc(-c6cccc(-c7ccccc7)c6)nc(-c6ccccc6)n5)c5ccccc45)c4ccccc34)c2-c2c1ccc1ccccc21. The number of hydrogen-bond acceptors (Lipinski definition) is 2. The summed E-state index contributed by atoms with van der Waals surface area (Å²) in [5, 5.41) is 7.40. The summed E-state index contributed by atoms with van der Waals surface area (Å²) in [6.07, 6.45) is 0. The van der Waals surface area contributed by atoms with Crippen molar-refractivity contribution in [3.05, 3.63) is 230 Å². The Hall–Kier alpha value is -7.94. The summed E-state index contributed by atoms with van der Waals surface area (Å²) in [5.41, 5.74) is 17.5. The van der Waals surface area contributed by atoms with E-state index in [1.807, 2.05) is 18.2 Å². The predicted octanol–water partition coefficient (Wildman–Crippen LogP) is 16.2. The number of benzene rings is 10. The van der Waals surface area contributed by atoms with Crippen LogP contribution < -0.4 is 0 Å². The molecular formula is C61H42N2. The van der Waals surface area contributed by atoms with Crippen LogP contribution in [-0.2, 0) is 5.41 Å². The molecule has 1 aliphatic carbocycles. The highest BCUT2D eigenvalue weighted by atomic mass is 14.9. The van der Waals surface area contributed by atoms with Crippen molar-refractivity contribution in [2.75, 3.05) is 0 Å². The van der Waals surface area contributed by atoms with Gasteiger partial charge < -0.3 is 0 Å². The monoisotopic (exact) mass is 802 g/mol. The molecule has 0 fully saturated rings. The average Bonchev–Trinajstić information content (AvgIpc) is 3.60. The largest absolute Gasteiger partial charge is 0.228 e. The highest BCUT2D eigenvalue weighted by Crippen LogP contribution is 2.55. The first-order valence-corrected chi connectivity index (χ1v) is 21.8. The maximum Gasteiger partial charge on any atom is 0.160 e. The van der Waals surface area contributed by atoms with Gasteiger partial charge in [-0.15, -0.1) is 0 Å². The lowest BCUT2D eigenvalue weighted by atomic mass is 9.81. The zero-order chi connectivity index (χ0) is 42.1. The van der Waals surface area contributed by atoms with E-state index in [0.29, 0.717) is 5.82 Å². The molecule has 12 rings (SSSR count). The van der Waals surface area contributed by atoms with Crippen molar-refractivity contribution < 1.29 is 0 Å². The van der Waals surface area contributed by atoms with Gasteiger partial charge in [0.05, 0.1) is 11.4 Å². The standard InChI is InChI=1S/C61H42N2/c1-61(2)54-30-16-29-53(59(54)58-44-24-10-9-19-40(44)31-36-55(58)61)51-33-32-49(45-25-11-12-26-46(45)51)50-34-35-52(48-28-14-13-27-47(48)50)57-38-56(62-60(63-57)41-20-7-4-8-21-41)43-23-15-22-42(37-43)39-17-5-3-6-18-39/h3-38H,1-2H3. The summed E-state index contributed by atoms with van der Waals surface area (Å²) in [5.74, 6) is 0.703. The summed E-state index contributed by atoms with van der Waals surface area (Å²) in [4.78, 5) is 10.5. The Bertz CT molecular complexity index is 3580. The van der Waals surface area contributed by atoms with Crippen LogP contribution in [0, 0.1) is 0 Å². The third kappa shape index (κ3) is 6.02. The first-order chi connectivity index (χ1) is 31.0. The number of hydrogen-bond donors (Lipinski definition) is 0. The molecule has 0 saturated carbocycles. The lowest BCUT2D eigenvalue weighted by Crippen LogP contribution is -2.14. The maximum atomic E-state index is 5.29. The van der Waals surface area contributed by atoms with Crippen LogP contribution in [0.4, 0.5) is 0 Å². The van der Waals surface area contributed by atoms with Crippen LogP contribution in [0.25, 0.3) is 111 Å². The second-order valence-corrected chi connectivity index (χ2v) is 17.2. The van der Waals surface area contributed by atoms with Crippen molar-refractivity contribution in [1.82, 2.24) is 9.97 Å². The summed E-state index contributed by atoms with van der Waals surface area (Å²) >= 11 is 0. The third-order valence-corrected chi connectivity index (χ3v) is 13.3. The second-order valence-electron chi connectivity index (χ2n) is 17.2. The van der Waals surface area contributed by atoms with Gasteiger partial charge in [-0.25, -0.2) is 9.97 Å². The topological polar surface area (TPSA) is 25.8 Å². The number of aromatic nitrogens is 2. The Kier molecular flexibility index (Phi) is 8.55. The van der Waals surface area contributed by atoms with E-state index < -0.39 is 0 Å². The Morgan fingerprint density at radius 1 is 0.302 bits per heavy atom. The van der Waals surface area contributed by atoms with Crippen LogP contribution in [0.3, 0.4) is 0 Å². The summed E-state index contributed by atoms with van der Waals surface area (Å²) < 4.78 is 0. The quantitative estimate of drug-likeness (QED) is 0.167. The first kappa shape index (κ1) is 36.9. The summed E-state index contributed by atoms with van der Waals surface area (Å²) in [6, 6.07) is 79.1. The van der Waals surface area contributed by atoms with Crippen molar-refractivity contribution >= 4 is 32.3 Å². The molecule has 2 nitrogen and oxygen atoms in total. The Balaban J connectivity index is 1.02. The molecule has 1 aromatic heterocycles. The van der Waals surface area contributed by atoms with Crippen molar-refractivity contribution in [1.29, 1.82) is 0 Å². The van der Waals surface area contributed by atoms with Gasteiger partial charge in [0, 0.05) is 22.1 Å². The Morgan fingerprint density at radius 2 is 0.794 bits per heavy atom. The molecule has 0 bridgehead atoms. The van der Waals surface area contributed by atoms with Crippen LogP contribution in [-0.4, -0.2) is 9.97 Å². The highest BCUT2D eigenvalue weighted by molar-refractivity contribution is 6.14. The smallest absolute Gasteiger partial charge is 0.160 e. The van der Waals surface area contributed by atoms with Crippen molar-refractivity contribution in [3.8, 4) is 78.4 Å². The molecule has 2 heteroatoms. The van der Waals surface area contributed by atoms with Gasteiger partial charge in [-0.1, -0.05) is 220 Å². The third-order valence-electron chi connectivity index (χ3n) is 13.3. The lowest BCUT2D eigenvalue weighted by Gasteiger charge is -2.22. The minimum absolute atomic E-state index is 0.111. The van der Waals surface area contributed by atoms with Gasteiger partial charge >= 0.3 is 0 Å². The van der Waals surface area contributed by atoms with E-state index in [-0.39, 0.29) is 5.41 Å². The summed E-state index contributed by atoms with van der Waals surface area (Å²) in [7, 11) is 0. The zero-order valence-electron chi connectivity index (χ0n) is 35.2. The van der Waals surface area contributed by atoms with E-state index in [4.69, 9.17) is 9.97 Å². The van der Waals surface area contributed by atoms with Crippen LogP contribution in [0.5, 0.6) is 0 Å². The zero-order valence-corrected chi connectivity index (χ0v) is 35.2. The summed E-state index contributed by atoms with van der Waals surface area (Å²) in [6.45, 7) is 4.75. The number of nitrogens with zero attached hydrogens (tertiary/aromatic N) is 2. The maximum absolute atomic E-state index is 5.29. The van der Waals surface area contributed by atoms with Crippen molar-refractivity contribution in [2.45, 2.75) is 19.3 Å². The van der Waals surface area contributed by atoms with E-state index in [1.54, 1.807) is 0 Å². The Labute approximate surface area is 367 Å². The van der Waals surface area contributed by atoms with E-state index >= 15 is 0 Å². The van der Waals surface area contributed by atoms with E-state index in [1.165, 1.54) is 77.0 Å². The van der Waals surface area contributed by atoms with Crippen LogP contribution >= 0.6 is 0 Å². The lowest BCUT2D eigenvalue weighted by molar-refractivity contribution is 0.661. The van der Waals surface area contributed by atoms with Gasteiger partial charge in [0.1, 0.15) is 0 Å². The fraction of sp³-hybridized carbons (Fsp3) is 0.0492. The molecule has 1 aliphatic rings. The number of rotatable bonds is 6. The van der Waals surface area contributed by atoms with Gasteiger partial charge in [0.2, 0.25) is 0 Å². The highest BCUT2D eigenvalue weighted by Gasteiger charge is 2.38. The van der Waals surface area contributed by atoms with Crippen molar-refractivity contribution in [2.24, 2.45) is 0 Å². The molecule has 1 heterocycles. The molecule has 0 aliphatic heterocycles. The van der Waals surface area contributed by atoms with Crippen LogP contribution in [0.2, 0.25) is 0 Å². The molecule has 10 aromatic carbocycles. The minimum atomic E-state index is -0.111. The molecule has 0 saturated heterocycles. The van der Waals surface area contributed by atoms with Gasteiger partial charge in [-0.3, -0.25) is 0 Å². The number of fused-ring (bicyclic) bond motifs is 7. The molecule has 0 radical (unpaired) electrons. The van der Waals surface area contributed by atoms with Gasteiger partial charge in [0.25, 0.3) is 0 Å². The fourth-order valence-corrected chi connectivity index (χ4v) is 10.2. The second kappa shape index (κ2) is 14.6. The van der Waals surface area contributed by atoms with Crippen molar-refractivity contribution in [3.63, 3.8) is 0 Å². The Morgan fingerprint density at radius 3 is 1.48 bits per heavy atom. The van der Waals surface area contributed by atoms with E-state index in [9.17, 15) is 0 Å². The van der Waals surface area contributed by atoms with Crippen LogP contribution in [0.15, 0.2) is 218 Å². The molecule has 0 spiro atoms. The predicted molar refractivity (Wildman–Crippen MR) is 265 cm³/mol. The molecule has 0 N–H and O–H groups in total. The normalized spacial score (nSPS) is 12.7. The minimum Gasteiger partial charge on any atom is -0.228 e. The molecule has 11 aromatic rings.